The summed E-state index contributed by atoms with van der Waals surface area (Å²) < 4.78 is 14.6. The van der Waals surface area contributed by atoms with Gasteiger partial charge in [0.1, 0.15) is 16.8 Å². The van der Waals surface area contributed by atoms with Crippen LogP contribution in [0.5, 0.6) is 0 Å². The van der Waals surface area contributed by atoms with Gasteiger partial charge in [-0.1, -0.05) is 66.2 Å². The molecule has 0 saturated carbocycles. The molecule has 0 bridgehead atoms. The molecule has 0 aromatic heterocycles. The minimum Gasteiger partial charge on any atom is -0.325 e. The first-order valence-corrected chi connectivity index (χ1v) is 15.6. The second-order valence-electron chi connectivity index (χ2n) is 10.2. The van der Waals surface area contributed by atoms with Crippen LogP contribution in [-0.4, -0.2) is 22.6 Å². The number of nitrogens with zero attached hydrogens (tertiary/aromatic N) is 1. The number of benzene rings is 5. The Hall–Kier alpha value is -5.78. The highest BCUT2D eigenvalue weighted by Gasteiger charge is 2.23. The van der Waals surface area contributed by atoms with Crippen molar-refractivity contribution in [3.05, 3.63) is 171 Å². The summed E-state index contributed by atoms with van der Waals surface area (Å²) in [7, 11) is 0. The molecule has 5 aromatic rings. The molecule has 0 radical (unpaired) electrons. The van der Waals surface area contributed by atoms with Gasteiger partial charge in [0, 0.05) is 39.5 Å². The molecule has 0 spiro atoms. The van der Waals surface area contributed by atoms with Crippen LogP contribution < -0.4 is 16.0 Å². The minimum atomic E-state index is -0.719. The molecule has 5 rings (SSSR count). The summed E-state index contributed by atoms with van der Waals surface area (Å²) in [4.78, 5) is 50.9. The minimum absolute atomic E-state index is 0.0567. The van der Waals surface area contributed by atoms with E-state index < -0.39 is 27.8 Å². The highest BCUT2D eigenvalue weighted by Crippen LogP contribution is 2.37. The monoisotopic (exact) mass is 680 g/mol. The quantitative estimate of drug-likeness (QED) is 0.0557. The third-order valence-electron chi connectivity index (χ3n) is 6.87. The molecule has 0 aliphatic heterocycles. The van der Waals surface area contributed by atoms with Crippen LogP contribution in [0.25, 0.3) is 6.08 Å². The van der Waals surface area contributed by atoms with Gasteiger partial charge in [-0.15, -0.1) is 11.8 Å². The van der Waals surface area contributed by atoms with Crippen molar-refractivity contribution in [1.29, 1.82) is 0 Å². The van der Waals surface area contributed by atoms with Crippen molar-refractivity contribution in [3.63, 3.8) is 0 Å². The zero-order chi connectivity index (χ0) is 34.0. The molecule has 0 aliphatic carbocycles. The van der Waals surface area contributed by atoms with Crippen LogP contribution in [0.4, 0.5) is 21.5 Å². The van der Waals surface area contributed by atoms with Crippen LogP contribution in [0, 0.1) is 15.9 Å². The first-order chi connectivity index (χ1) is 23.2. The number of thioether (sulfide) groups is 1. The van der Waals surface area contributed by atoms with Gasteiger partial charge in [0.2, 0.25) is 5.91 Å². The van der Waals surface area contributed by atoms with Gasteiger partial charge in [-0.05, 0) is 72.3 Å². The molecule has 0 aliphatic rings. The molecule has 12 heteroatoms. The van der Waals surface area contributed by atoms with Crippen molar-refractivity contribution in [2.24, 2.45) is 0 Å². The van der Waals surface area contributed by atoms with Crippen LogP contribution in [0.15, 0.2) is 138 Å². The number of nitro benzene ring substituents is 1. The van der Waals surface area contributed by atoms with Gasteiger partial charge in [-0.3, -0.25) is 24.5 Å². The topological polar surface area (TPSA) is 130 Å². The lowest BCUT2D eigenvalue weighted by Gasteiger charge is -2.17. The van der Waals surface area contributed by atoms with Gasteiger partial charge in [0.15, 0.2) is 0 Å². The number of anilines is 2. The van der Waals surface area contributed by atoms with Gasteiger partial charge in [-0.2, -0.15) is 0 Å². The Morgan fingerprint density at radius 3 is 2.00 bits per heavy atom. The maximum absolute atomic E-state index is 14.6. The second kappa shape index (κ2) is 15.7. The van der Waals surface area contributed by atoms with Crippen LogP contribution in [0.3, 0.4) is 0 Å². The van der Waals surface area contributed by atoms with Gasteiger partial charge in [-0.25, -0.2) is 4.39 Å². The standard InChI is InChI=1S/C36H26ClFN4O5S/c37-30-12-7-13-31(38)29(30)22-32(41-34(43)24-10-5-2-6-11-24)35(44)39-26-16-20-28(21-17-26)48-33(23-8-3-1-4-9-23)36(45)40-25-14-18-27(19-15-25)42(46)47/h1-22,33H,(H,39,44)(H,40,45)(H,41,43)/b32-22-. The Balaban J connectivity index is 1.34. The molecule has 240 valence electrons. The van der Waals surface area contributed by atoms with Gasteiger partial charge >= 0.3 is 0 Å². The number of amides is 3. The predicted octanol–water partition coefficient (Wildman–Crippen LogP) is 8.27. The normalized spacial score (nSPS) is 11.7. The maximum Gasteiger partial charge on any atom is 0.272 e. The first-order valence-electron chi connectivity index (χ1n) is 14.4. The Morgan fingerprint density at radius 2 is 1.38 bits per heavy atom. The molecule has 48 heavy (non-hydrogen) atoms. The second-order valence-corrected chi connectivity index (χ2v) is 11.8. The SMILES string of the molecule is O=C(Nc1ccc(SC(C(=O)Nc2ccc([N+](=O)[O-])cc2)c2ccccc2)cc1)/C(=C/c1c(F)cccc1Cl)NC(=O)c1ccccc1. The summed E-state index contributed by atoms with van der Waals surface area (Å²) in [5, 5.41) is 18.5. The third kappa shape index (κ3) is 8.72. The van der Waals surface area contributed by atoms with Crippen LogP contribution in [0.1, 0.15) is 26.7 Å². The number of non-ortho nitro benzene ring substituents is 1. The summed E-state index contributed by atoms with van der Waals surface area (Å²) in [6.07, 6.45) is 1.17. The van der Waals surface area contributed by atoms with E-state index in [-0.39, 0.29) is 27.9 Å². The third-order valence-corrected chi connectivity index (χ3v) is 8.47. The lowest BCUT2D eigenvalue weighted by Crippen LogP contribution is -2.30. The number of nitro groups is 1. The van der Waals surface area contributed by atoms with E-state index in [1.54, 1.807) is 54.6 Å². The number of halogens is 2. The number of rotatable bonds is 11. The van der Waals surface area contributed by atoms with Gasteiger partial charge in [0.25, 0.3) is 17.5 Å². The van der Waals surface area contributed by atoms with Gasteiger partial charge < -0.3 is 16.0 Å². The molecular weight excluding hydrogens is 655 g/mol. The summed E-state index contributed by atoms with van der Waals surface area (Å²) >= 11 is 7.46. The van der Waals surface area contributed by atoms with E-state index in [0.717, 1.165) is 5.56 Å². The summed E-state index contributed by atoms with van der Waals surface area (Å²) in [5.41, 5.74) is 1.41. The van der Waals surface area contributed by atoms with E-state index >= 15 is 0 Å². The van der Waals surface area contributed by atoms with E-state index in [1.165, 1.54) is 60.3 Å². The van der Waals surface area contributed by atoms with Crippen molar-refractivity contribution in [2.75, 3.05) is 10.6 Å². The Morgan fingerprint density at radius 1 is 0.771 bits per heavy atom. The molecule has 9 nitrogen and oxygen atoms in total. The number of carbonyl (C=O) groups is 3. The van der Waals surface area contributed by atoms with E-state index in [0.29, 0.717) is 21.8 Å². The maximum atomic E-state index is 14.6. The van der Waals surface area contributed by atoms with Crippen molar-refractivity contribution >= 4 is 64.2 Å². The predicted molar refractivity (Wildman–Crippen MR) is 185 cm³/mol. The molecule has 0 saturated heterocycles. The Kier molecular flexibility index (Phi) is 11.0. The summed E-state index contributed by atoms with van der Waals surface area (Å²) in [6, 6.07) is 33.7. The van der Waals surface area contributed by atoms with E-state index in [4.69, 9.17) is 11.6 Å². The lowest BCUT2D eigenvalue weighted by molar-refractivity contribution is -0.384. The molecule has 1 unspecified atom stereocenters. The molecule has 0 heterocycles. The number of hydrogen-bond acceptors (Lipinski definition) is 6. The fraction of sp³-hybridized carbons (Fsp3) is 0.0278. The molecule has 0 fully saturated rings. The highest BCUT2D eigenvalue weighted by molar-refractivity contribution is 8.00. The van der Waals surface area contributed by atoms with E-state index in [9.17, 15) is 28.9 Å². The molecular formula is C36H26ClFN4O5S. The Bertz CT molecular complexity index is 1960. The number of nitrogens with one attached hydrogen (secondary N) is 3. The molecule has 3 amide bonds. The van der Waals surface area contributed by atoms with E-state index in [1.807, 2.05) is 30.3 Å². The average molecular weight is 681 g/mol. The molecule has 5 aromatic carbocycles. The highest BCUT2D eigenvalue weighted by atomic mass is 35.5. The first kappa shape index (κ1) is 33.6. The number of hydrogen-bond donors (Lipinski definition) is 3. The van der Waals surface area contributed by atoms with Crippen molar-refractivity contribution in [3.8, 4) is 0 Å². The number of carbonyl (C=O) groups excluding carboxylic acids is 3. The van der Waals surface area contributed by atoms with Crippen LogP contribution >= 0.6 is 23.4 Å². The van der Waals surface area contributed by atoms with Crippen LogP contribution in [-0.2, 0) is 9.59 Å². The van der Waals surface area contributed by atoms with Crippen molar-refractivity contribution in [1.82, 2.24) is 5.32 Å². The smallest absolute Gasteiger partial charge is 0.272 e. The summed E-state index contributed by atoms with van der Waals surface area (Å²) in [5.74, 6) is -2.30. The van der Waals surface area contributed by atoms with Gasteiger partial charge in [0.05, 0.1) is 9.95 Å². The van der Waals surface area contributed by atoms with Crippen molar-refractivity contribution < 1.29 is 23.7 Å². The molecule has 1 atom stereocenters. The fourth-order valence-corrected chi connectivity index (χ4v) is 5.70. The Labute approximate surface area is 284 Å². The zero-order valence-corrected chi connectivity index (χ0v) is 26.5. The molecule has 3 N–H and O–H groups in total. The van der Waals surface area contributed by atoms with E-state index in [2.05, 4.69) is 16.0 Å². The fourth-order valence-electron chi connectivity index (χ4n) is 4.46. The lowest BCUT2D eigenvalue weighted by atomic mass is 10.1. The average Bonchev–Trinajstić information content (AvgIpc) is 3.10. The zero-order valence-electron chi connectivity index (χ0n) is 24.9. The van der Waals surface area contributed by atoms with Crippen molar-refractivity contribution in [2.45, 2.75) is 10.1 Å². The largest absolute Gasteiger partial charge is 0.325 e. The summed E-state index contributed by atoms with van der Waals surface area (Å²) in [6.45, 7) is 0. The van der Waals surface area contributed by atoms with Crippen LogP contribution in [0.2, 0.25) is 5.02 Å².